The van der Waals surface area contributed by atoms with Crippen molar-refractivity contribution in [1.29, 1.82) is 0 Å². The summed E-state index contributed by atoms with van der Waals surface area (Å²) in [5.41, 5.74) is 3.48. The number of hydrogen-bond acceptors (Lipinski definition) is 5. The van der Waals surface area contributed by atoms with Crippen LogP contribution in [0.15, 0.2) is 48.5 Å². The van der Waals surface area contributed by atoms with E-state index in [-0.39, 0.29) is 18.1 Å². The Balaban J connectivity index is 1.09. The van der Waals surface area contributed by atoms with E-state index >= 15 is 0 Å². The summed E-state index contributed by atoms with van der Waals surface area (Å²) in [6.45, 7) is 6.55. The van der Waals surface area contributed by atoms with Crippen molar-refractivity contribution in [3.8, 4) is 0 Å². The number of nitrogens with one attached hydrogen (secondary N) is 1. The van der Waals surface area contributed by atoms with Crippen LogP contribution in [0.2, 0.25) is 0 Å². The Morgan fingerprint density at radius 2 is 1.63 bits per heavy atom. The van der Waals surface area contributed by atoms with Gasteiger partial charge in [0.05, 0.1) is 6.42 Å². The first-order valence-electron chi connectivity index (χ1n) is 12.6. The van der Waals surface area contributed by atoms with Gasteiger partial charge in [0.2, 0.25) is 5.91 Å². The Morgan fingerprint density at radius 3 is 2.40 bits per heavy atom. The Morgan fingerprint density at radius 1 is 0.886 bits per heavy atom. The average molecular weight is 477 g/mol. The molecule has 2 aliphatic rings. The van der Waals surface area contributed by atoms with E-state index in [2.05, 4.69) is 54.1 Å². The van der Waals surface area contributed by atoms with Crippen LogP contribution in [0.1, 0.15) is 35.6 Å². The third-order valence-corrected chi connectivity index (χ3v) is 6.96. The fourth-order valence-corrected chi connectivity index (χ4v) is 4.98. The molecule has 35 heavy (non-hydrogen) atoms. The lowest BCUT2D eigenvalue weighted by atomic mass is 10.1. The summed E-state index contributed by atoms with van der Waals surface area (Å²) in [5.74, 6) is 1.56. The van der Waals surface area contributed by atoms with Gasteiger partial charge in [-0.2, -0.15) is 0 Å². The van der Waals surface area contributed by atoms with Crippen LogP contribution >= 0.6 is 0 Å². The van der Waals surface area contributed by atoms with Gasteiger partial charge in [0, 0.05) is 64.3 Å². The molecule has 0 spiro atoms. The first-order chi connectivity index (χ1) is 17.1. The predicted octanol–water partition coefficient (Wildman–Crippen LogP) is 2.98. The van der Waals surface area contributed by atoms with Crippen molar-refractivity contribution in [1.82, 2.24) is 25.0 Å². The van der Waals surface area contributed by atoms with Crippen LogP contribution in [0.25, 0.3) is 0 Å². The fourth-order valence-electron chi connectivity index (χ4n) is 4.98. The number of nitrogens with zero attached hydrogens (tertiary/aromatic N) is 5. The molecule has 2 aromatic carbocycles. The standard InChI is InChI=1S/C27H33FN6O/c28-23-7-3-21(4-8-23)19-27(35)29-13-11-25-30-31-26-12-16-32(17-18-34(25)26)20-22-5-9-24(10-6-22)33-14-1-2-15-33/h3-10H,1-2,11-20H2,(H,29,35). The number of rotatable bonds is 8. The molecule has 1 aromatic heterocycles. The predicted molar refractivity (Wildman–Crippen MR) is 134 cm³/mol. The van der Waals surface area contributed by atoms with E-state index in [4.69, 9.17) is 0 Å². The molecule has 0 radical (unpaired) electrons. The third-order valence-electron chi connectivity index (χ3n) is 6.96. The second kappa shape index (κ2) is 11.0. The van der Waals surface area contributed by atoms with Crippen molar-refractivity contribution < 1.29 is 9.18 Å². The van der Waals surface area contributed by atoms with E-state index in [0.29, 0.717) is 13.0 Å². The van der Waals surface area contributed by atoms with Gasteiger partial charge in [-0.3, -0.25) is 9.69 Å². The van der Waals surface area contributed by atoms with Crippen molar-refractivity contribution >= 4 is 11.6 Å². The molecule has 0 aliphatic carbocycles. The second-order valence-electron chi connectivity index (χ2n) is 9.47. The maximum absolute atomic E-state index is 13.0. The van der Waals surface area contributed by atoms with Crippen LogP contribution in [-0.2, 0) is 37.1 Å². The summed E-state index contributed by atoms with van der Waals surface area (Å²) in [7, 11) is 0. The van der Waals surface area contributed by atoms with Crippen LogP contribution in [0, 0.1) is 5.82 Å². The zero-order valence-corrected chi connectivity index (χ0v) is 20.1. The molecule has 0 saturated carbocycles. The smallest absolute Gasteiger partial charge is 0.224 e. The number of amides is 1. The highest BCUT2D eigenvalue weighted by atomic mass is 19.1. The summed E-state index contributed by atoms with van der Waals surface area (Å²) < 4.78 is 15.2. The normalized spacial score (nSPS) is 16.2. The molecule has 0 bridgehead atoms. The number of carbonyl (C=O) groups excluding carboxylic acids is 1. The Hall–Kier alpha value is -3.26. The maximum atomic E-state index is 13.0. The van der Waals surface area contributed by atoms with E-state index in [1.807, 2.05) is 0 Å². The Bertz CT molecular complexity index is 1120. The number of fused-ring (bicyclic) bond motifs is 1. The van der Waals surface area contributed by atoms with Gasteiger partial charge in [-0.05, 0) is 48.2 Å². The van der Waals surface area contributed by atoms with E-state index in [1.54, 1.807) is 12.1 Å². The van der Waals surface area contributed by atoms with Crippen molar-refractivity contribution in [2.24, 2.45) is 0 Å². The maximum Gasteiger partial charge on any atom is 0.224 e. The first kappa shape index (κ1) is 23.5. The zero-order valence-electron chi connectivity index (χ0n) is 20.1. The van der Waals surface area contributed by atoms with Crippen molar-refractivity contribution in [2.75, 3.05) is 37.6 Å². The Kier molecular flexibility index (Phi) is 7.37. The highest BCUT2D eigenvalue weighted by Gasteiger charge is 2.19. The van der Waals surface area contributed by atoms with Crippen LogP contribution < -0.4 is 10.2 Å². The minimum absolute atomic E-state index is 0.0749. The highest BCUT2D eigenvalue weighted by Crippen LogP contribution is 2.21. The average Bonchev–Trinajstić information content (AvgIpc) is 3.49. The van der Waals surface area contributed by atoms with Gasteiger partial charge in [0.1, 0.15) is 17.5 Å². The molecule has 2 aliphatic heterocycles. The highest BCUT2D eigenvalue weighted by molar-refractivity contribution is 5.78. The minimum Gasteiger partial charge on any atom is -0.372 e. The molecule has 0 unspecified atom stereocenters. The van der Waals surface area contributed by atoms with Gasteiger partial charge < -0.3 is 14.8 Å². The minimum atomic E-state index is -0.296. The largest absolute Gasteiger partial charge is 0.372 e. The summed E-state index contributed by atoms with van der Waals surface area (Å²) in [6, 6.07) is 15.1. The second-order valence-corrected chi connectivity index (χ2v) is 9.47. The molecule has 184 valence electrons. The van der Waals surface area contributed by atoms with E-state index in [1.165, 1.54) is 49.3 Å². The van der Waals surface area contributed by atoms with Gasteiger partial charge in [-0.1, -0.05) is 24.3 Å². The fraction of sp³-hybridized carbons (Fsp3) is 0.444. The number of aromatic nitrogens is 3. The molecule has 3 heterocycles. The van der Waals surface area contributed by atoms with Gasteiger partial charge >= 0.3 is 0 Å². The van der Waals surface area contributed by atoms with Crippen LogP contribution in [-0.4, -0.2) is 58.3 Å². The number of carbonyl (C=O) groups is 1. The summed E-state index contributed by atoms with van der Waals surface area (Å²) in [6.07, 6.45) is 4.34. The number of benzene rings is 2. The SMILES string of the molecule is O=C(Cc1ccc(F)cc1)NCCc1nnc2n1CCN(Cc1ccc(N3CCCC3)cc1)CC2. The molecule has 8 heteroatoms. The van der Waals surface area contributed by atoms with Gasteiger partial charge in [-0.25, -0.2) is 4.39 Å². The number of anilines is 1. The molecule has 1 amide bonds. The molecule has 1 fully saturated rings. The van der Waals surface area contributed by atoms with Crippen LogP contribution in [0.3, 0.4) is 0 Å². The number of hydrogen-bond donors (Lipinski definition) is 1. The lowest BCUT2D eigenvalue weighted by molar-refractivity contribution is -0.120. The van der Waals surface area contributed by atoms with Gasteiger partial charge in [-0.15, -0.1) is 10.2 Å². The monoisotopic (exact) mass is 476 g/mol. The van der Waals surface area contributed by atoms with Gasteiger partial charge in [0.15, 0.2) is 0 Å². The van der Waals surface area contributed by atoms with E-state index in [0.717, 1.165) is 49.8 Å². The number of halogens is 1. The van der Waals surface area contributed by atoms with Crippen LogP contribution in [0.4, 0.5) is 10.1 Å². The quantitative estimate of drug-likeness (QED) is 0.542. The zero-order chi connectivity index (χ0) is 24.0. The molecule has 3 aromatic rings. The third kappa shape index (κ3) is 6.06. The molecule has 7 nitrogen and oxygen atoms in total. The molecular weight excluding hydrogens is 443 g/mol. The lowest BCUT2D eigenvalue weighted by Gasteiger charge is -2.21. The van der Waals surface area contributed by atoms with Crippen molar-refractivity contribution in [3.05, 3.63) is 77.1 Å². The Labute approximate surface area is 206 Å². The molecule has 1 N–H and O–H groups in total. The molecule has 0 atom stereocenters. The summed E-state index contributed by atoms with van der Waals surface area (Å²) >= 11 is 0. The topological polar surface area (TPSA) is 66.3 Å². The van der Waals surface area contributed by atoms with Crippen molar-refractivity contribution in [3.63, 3.8) is 0 Å². The van der Waals surface area contributed by atoms with Crippen LogP contribution in [0.5, 0.6) is 0 Å². The summed E-state index contributed by atoms with van der Waals surface area (Å²) in [5, 5.41) is 11.7. The van der Waals surface area contributed by atoms with E-state index < -0.39 is 0 Å². The van der Waals surface area contributed by atoms with E-state index in [9.17, 15) is 9.18 Å². The molecule has 1 saturated heterocycles. The first-order valence-corrected chi connectivity index (χ1v) is 12.6. The molecular formula is C27H33FN6O. The van der Waals surface area contributed by atoms with Gasteiger partial charge in [0.25, 0.3) is 0 Å². The lowest BCUT2D eigenvalue weighted by Crippen LogP contribution is -2.28. The van der Waals surface area contributed by atoms with Crippen molar-refractivity contribution in [2.45, 2.75) is 45.2 Å². The molecule has 5 rings (SSSR count). The summed E-state index contributed by atoms with van der Waals surface area (Å²) in [4.78, 5) is 17.2.